The lowest BCUT2D eigenvalue weighted by Gasteiger charge is -2.39. The molecule has 0 aliphatic carbocycles. The third kappa shape index (κ3) is 9.00. The summed E-state index contributed by atoms with van der Waals surface area (Å²) >= 11 is 1.43. The minimum absolute atomic E-state index is 0.00169. The molecule has 2 N–H and O–H groups in total. The first-order chi connectivity index (χ1) is 28.7. The van der Waals surface area contributed by atoms with Gasteiger partial charge in [-0.15, -0.1) is 11.3 Å². The van der Waals surface area contributed by atoms with Gasteiger partial charge in [0.15, 0.2) is 0 Å². The highest BCUT2D eigenvalue weighted by Crippen LogP contribution is 2.42. The van der Waals surface area contributed by atoms with E-state index in [0.717, 1.165) is 44.7 Å². The van der Waals surface area contributed by atoms with Gasteiger partial charge in [-0.3, -0.25) is 29.2 Å². The number of nitrogens with one attached hydrogen (secondary N) is 2. The number of pyridine rings is 1. The van der Waals surface area contributed by atoms with E-state index >= 15 is 0 Å². The number of rotatable bonds is 10. The first-order valence-electron chi connectivity index (χ1n) is 21.1. The maximum Gasteiger partial charge on any atom is 0.324 e. The minimum atomic E-state index is -1.01. The number of hydrogen-bond acceptors (Lipinski definition) is 11. The standard InChI is InChI=1S/C45H59N7O7S/c1-9-51-37-15-14-28-18-32(37)33(41(51)30-12-10-16-46-40(30)27(4)57-7)21-45(5,6)25-59-44(56)34-13-11-17-52(49-34)43(55)35(20-38-47-36(28)24-60-38)48-42(54)31(26(2)3)19-39(53)50-22-29(23-50)58-8/h10,12,14-16,18,24,26-27,29,31,34-35,49H,9,11,13,17,19-23,25H2,1-8H3,(H,48,54)/t27-,31?,34-,35-/m0/s1. The first kappa shape index (κ1) is 43.4. The van der Waals surface area contributed by atoms with Gasteiger partial charge < -0.3 is 29.0 Å². The van der Waals surface area contributed by atoms with Crippen LogP contribution in [0.15, 0.2) is 41.9 Å². The Morgan fingerprint density at radius 2 is 1.92 bits per heavy atom. The largest absolute Gasteiger partial charge is 0.464 e. The number of nitrogens with zero attached hydrogens (tertiary/aromatic N) is 5. The number of likely N-dealkylation sites (tertiary alicyclic amines) is 1. The lowest BCUT2D eigenvalue weighted by atomic mass is 9.84. The summed E-state index contributed by atoms with van der Waals surface area (Å²) in [5, 5.41) is 8.20. The molecule has 1 aromatic carbocycles. The Labute approximate surface area is 356 Å². The summed E-state index contributed by atoms with van der Waals surface area (Å²) in [6, 6.07) is 8.69. The van der Waals surface area contributed by atoms with E-state index in [2.05, 4.69) is 60.3 Å². The van der Waals surface area contributed by atoms with Crippen molar-refractivity contribution in [3.05, 3.63) is 58.2 Å². The summed E-state index contributed by atoms with van der Waals surface area (Å²) in [7, 11) is 3.31. The molecule has 15 heteroatoms. The Morgan fingerprint density at radius 1 is 1.13 bits per heavy atom. The van der Waals surface area contributed by atoms with Gasteiger partial charge in [-0.2, -0.15) is 0 Å². The Morgan fingerprint density at radius 3 is 2.63 bits per heavy atom. The predicted octanol–water partition coefficient (Wildman–Crippen LogP) is 5.72. The SMILES string of the molecule is CCn1c(-c2cccnc2[C@H](C)OC)c2c3cc(ccc31)-c1csc(n1)C[C@H](NC(=O)C(CC(=O)N1CC(OC)C1)C(C)C)C(=O)N1CCC[C@H](N1)C(=O)OCC(C)(C)C2. The summed E-state index contributed by atoms with van der Waals surface area (Å²) in [5.74, 6) is -2.13. The second kappa shape index (κ2) is 18.1. The van der Waals surface area contributed by atoms with Gasteiger partial charge in [0.1, 0.15) is 12.1 Å². The molecule has 60 heavy (non-hydrogen) atoms. The second-order valence-corrected chi connectivity index (χ2v) is 18.4. The quantitative estimate of drug-likeness (QED) is 0.189. The van der Waals surface area contributed by atoms with Crippen LogP contribution >= 0.6 is 11.3 Å². The smallest absolute Gasteiger partial charge is 0.324 e. The highest BCUT2D eigenvalue weighted by Gasteiger charge is 2.38. The number of hydrogen-bond donors (Lipinski definition) is 2. The topological polar surface area (TPSA) is 157 Å². The number of fused-ring (bicyclic) bond motifs is 6. The molecule has 3 amide bonds. The van der Waals surface area contributed by atoms with Gasteiger partial charge in [0.2, 0.25) is 11.8 Å². The first-order valence-corrected chi connectivity index (χ1v) is 22.0. The lowest BCUT2D eigenvalue weighted by molar-refractivity contribution is -0.155. The van der Waals surface area contributed by atoms with Crippen molar-refractivity contribution in [2.45, 2.75) is 104 Å². The molecule has 6 bridgehead atoms. The fourth-order valence-electron chi connectivity index (χ4n) is 8.58. The maximum atomic E-state index is 14.4. The second-order valence-electron chi connectivity index (χ2n) is 17.5. The average molecular weight is 842 g/mol. The third-order valence-electron chi connectivity index (χ3n) is 12.2. The van der Waals surface area contributed by atoms with Crippen molar-refractivity contribution in [3.63, 3.8) is 0 Å². The molecule has 4 atom stereocenters. The Bertz CT molecular complexity index is 2230. The fourth-order valence-corrected chi connectivity index (χ4v) is 9.43. The Kier molecular flexibility index (Phi) is 13.1. The number of ether oxygens (including phenoxy) is 3. The maximum absolute atomic E-state index is 14.4. The molecule has 7 rings (SSSR count). The van der Waals surface area contributed by atoms with Gasteiger partial charge >= 0.3 is 5.97 Å². The number of benzene rings is 1. The summed E-state index contributed by atoms with van der Waals surface area (Å²) in [4.78, 5) is 67.1. The van der Waals surface area contributed by atoms with E-state index < -0.39 is 29.4 Å². The number of aromatic nitrogens is 3. The van der Waals surface area contributed by atoms with E-state index in [1.807, 2.05) is 32.2 Å². The van der Waals surface area contributed by atoms with Crippen LogP contribution in [0, 0.1) is 17.3 Å². The number of carbonyl (C=O) groups excluding carboxylic acids is 4. The number of thiazole rings is 1. The number of cyclic esters (lactones) is 1. The molecule has 3 aliphatic heterocycles. The van der Waals surface area contributed by atoms with Crippen LogP contribution in [0.3, 0.4) is 0 Å². The molecule has 2 saturated heterocycles. The normalized spacial score (nSPS) is 21.0. The summed E-state index contributed by atoms with van der Waals surface area (Å²) in [6.07, 6.45) is 3.36. The Hall–Kier alpha value is -4.70. The van der Waals surface area contributed by atoms with Gasteiger partial charge in [0.25, 0.3) is 5.91 Å². The number of amides is 3. The average Bonchev–Trinajstić information content (AvgIpc) is 3.81. The molecule has 14 nitrogen and oxygen atoms in total. The van der Waals surface area contributed by atoms with Crippen molar-refractivity contribution in [3.8, 4) is 22.5 Å². The number of methoxy groups -OCH3 is 2. The molecule has 0 saturated carbocycles. The zero-order valence-electron chi connectivity index (χ0n) is 36.1. The summed E-state index contributed by atoms with van der Waals surface area (Å²) in [5.41, 5.74) is 9.40. The van der Waals surface area contributed by atoms with E-state index in [1.54, 1.807) is 25.3 Å². The number of carbonyl (C=O) groups is 4. The molecule has 3 aliphatic rings. The molecule has 4 aromatic rings. The van der Waals surface area contributed by atoms with Crippen LogP contribution < -0.4 is 10.7 Å². The zero-order valence-corrected chi connectivity index (χ0v) is 36.9. The van der Waals surface area contributed by atoms with E-state index in [1.165, 1.54) is 16.3 Å². The lowest BCUT2D eigenvalue weighted by Crippen LogP contribution is -2.61. The monoisotopic (exact) mass is 841 g/mol. The summed E-state index contributed by atoms with van der Waals surface area (Å²) < 4.78 is 19.5. The van der Waals surface area contributed by atoms with Gasteiger partial charge in [0.05, 0.1) is 40.9 Å². The van der Waals surface area contributed by atoms with Crippen LogP contribution in [0.4, 0.5) is 0 Å². The molecular weight excluding hydrogens is 783 g/mol. The van der Waals surface area contributed by atoms with E-state index in [-0.39, 0.29) is 55.3 Å². The molecule has 0 radical (unpaired) electrons. The van der Waals surface area contributed by atoms with E-state index in [9.17, 15) is 19.2 Å². The fraction of sp³-hybridized carbons (Fsp3) is 0.556. The molecule has 1 unspecified atom stereocenters. The van der Waals surface area contributed by atoms with E-state index in [0.29, 0.717) is 50.4 Å². The molecule has 6 heterocycles. The van der Waals surface area contributed by atoms with Gasteiger partial charge in [-0.05, 0) is 68.9 Å². The van der Waals surface area contributed by atoms with Crippen molar-refractivity contribution in [2.75, 3.05) is 40.5 Å². The molecule has 2 fully saturated rings. The number of hydrazine groups is 1. The predicted molar refractivity (Wildman–Crippen MR) is 230 cm³/mol. The van der Waals surface area contributed by atoms with Crippen LogP contribution in [-0.4, -0.2) is 107 Å². The molecular formula is C45H59N7O7S. The highest BCUT2D eigenvalue weighted by atomic mass is 32.1. The van der Waals surface area contributed by atoms with Crippen LogP contribution in [0.25, 0.3) is 33.4 Å². The van der Waals surface area contributed by atoms with Crippen molar-refractivity contribution in [1.29, 1.82) is 0 Å². The molecule has 0 spiro atoms. The summed E-state index contributed by atoms with van der Waals surface area (Å²) in [6.45, 7) is 14.4. The van der Waals surface area contributed by atoms with Gasteiger partial charge in [-0.25, -0.2) is 10.4 Å². The number of aryl methyl sites for hydroxylation is 1. The van der Waals surface area contributed by atoms with Crippen LogP contribution in [0.2, 0.25) is 0 Å². The number of esters is 1. The molecule has 322 valence electrons. The van der Waals surface area contributed by atoms with Crippen LogP contribution in [-0.2, 0) is 52.8 Å². The highest BCUT2D eigenvalue weighted by molar-refractivity contribution is 7.10. The van der Waals surface area contributed by atoms with Gasteiger partial charge in [0, 0.05) is 98.2 Å². The van der Waals surface area contributed by atoms with Crippen molar-refractivity contribution >= 4 is 45.9 Å². The van der Waals surface area contributed by atoms with Crippen LogP contribution in [0.1, 0.15) is 83.2 Å². The van der Waals surface area contributed by atoms with Crippen molar-refractivity contribution in [2.24, 2.45) is 17.3 Å². The third-order valence-corrected chi connectivity index (χ3v) is 13.1. The zero-order chi connectivity index (χ0) is 42.9. The Balaban J connectivity index is 1.28. The minimum Gasteiger partial charge on any atom is -0.464 e. The van der Waals surface area contributed by atoms with E-state index in [4.69, 9.17) is 24.2 Å². The van der Waals surface area contributed by atoms with Crippen molar-refractivity contribution < 1.29 is 33.4 Å². The van der Waals surface area contributed by atoms with Crippen LogP contribution in [0.5, 0.6) is 0 Å². The molecule has 3 aromatic heterocycles. The van der Waals surface area contributed by atoms with Crippen molar-refractivity contribution in [1.82, 2.24) is 35.2 Å². The van der Waals surface area contributed by atoms with Gasteiger partial charge in [-0.1, -0.05) is 33.8 Å².